The maximum Gasteiger partial charge on any atom is 0.412 e. The number of amides is 1. The SMILES string of the molecule is COc1cc(Oc2ncc(C)cc2[N+](=O)[O-])ccc1NC(=O)OC(C)(C)C. The highest BCUT2D eigenvalue weighted by atomic mass is 16.6. The number of aromatic nitrogens is 1. The molecule has 0 bridgehead atoms. The van der Waals surface area contributed by atoms with Crippen molar-refractivity contribution in [1.82, 2.24) is 4.98 Å². The number of hydrogen-bond acceptors (Lipinski definition) is 7. The number of methoxy groups -OCH3 is 1. The highest BCUT2D eigenvalue weighted by Crippen LogP contribution is 2.34. The van der Waals surface area contributed by atoms with E-state index in [2.05, 4.69) is 10.3 Å². The van der Waals surface area contributed by atoms with Crippen molar-refractivity contribution in [2.24, 2.45) is 0 Å². The van der Waals surface area contributed by atoms with Gasteiger partial charge in [-0.25, -0.2) is 9.78 Å². The summed E-state index contributed by atoms with van der Waals surface area (Å²) in [4.78, 5) is 26.5. The summed E-state index contributed by atoms with van der Waals surface area (Å²) in [5, 5.41) is 13.8. The first-order valence-corrected chi connectivity index (χ1v) is 8.06. The van der Waals surface area contributed by atoms with E-state index in [0.717, 1.165) is 0 Å². The van der Waals surface area contributed by atoms with E-state index >= 15 is 0 Å². The van der Waals surface area contributed by atoms with Gasteiger partial charge in [-0.2, -0.15) is 0 Å². The second-order valence-corrected chi connectivity index (χ2v) is 6.69. The number of ether oxygens (including phenoxy) is 3. The lowest BCUT2D eigenvalue weighted by Crippen LogP contribution is -2.27. The van der Waals surface area contributed by atoms with Crippen molar-refractivity contribution < 1.29 is 23.9 Å². The second kappa shape index (κ2) is 7.90. The summed E-state index contributed by atoms with van der Waals surface area (Å²) in [5.41, 5.74) is 0.120. The monoisotopic (exact) mass is 375 g/mol. The minimum absolute atomic E-state index is 0.138. The molecule has 0 spiro atoms. The summed E-state index contributed by atoms with van der Waals surface area (Å²) in [6.45, 7) is 6.95. The highest BCUT2D eigenvalue weighted by molar-refractivity contribution is 5.87. The zero-order valence-corrected chi connectivity index (χ0v) is 15.7. The van der Waals surface area contributed by atoms with E-state index in [1.54, 1.807) is 27.7 Å². The lowest BCUT2D eigenvalue weighted by atomic mass is 10.2. The minimum atomic E-state index is -0.642. The fourth-order valence-corrected chi connectivity index (χ4v) is 2.11. The molecule has 27 heavy (non-hydrogen) atoms. The number of hydrogen-bond donors (Lipinski definition) is 1. The van der Waals surface area contributed by atoms with E-state index in [4.69, 9.17) is 14.2 Å². The van der Waals surface area contributed by atoms with Crippen LogP contribution in [-0.2, 0) is 4.74 Å². The van der Waals surface area contributed by atoms with E-state index in [0.29, 0.717) is 17.0 Å². The lowest BCUT2D eigenvalue weighted by Gasteiger charge is -2.20. The van der Waals surface area contributed by atoms with Crippen molar-refractivity contribution in [3.63, 3.8) is 0 Å². The lowest BCUT2D eigenvalue weighted by molar-refractivity contribution is -0.386. The van der Waals surface area contributed by atoms with Gasteiger partial charge in [0.15, 0.2) is 0 Å². The first-order chi connectivity index (χ1) is 12.6. The molecule has 0 saturated carbocycles. The van der Waals surface area contributed by atoms with Crippen LogP contribution in [0.2, 0.25) is 0 Å². The third-order valence-corrected chi connectivity index (χ3v) is 3.19. The number of nitrogens with zero attached hydrogens (tertiary/aromatic N) is 2. The van der Waals surface area contributed by atoms with Gasteiger partial charge < -0.3 is 14.2 Å². The Kier molecular flexibility index (Phi) is 5.84. The molecule has 2 aromatic rings. The topological polar surface area (TPSA) is 113 Å². The summed E-state index contributed by atoms with van der Waals surface area (Å²) in [6.07, 6.45) is 0.836. The Morgan fingerprint density at radius 1 is 1.26 bits per heavy atom. The molecular weight excluding hydrogens is 354 g/mol. The van der Waals surface area contributed by atoms with Gasteiger partial charge in [0.1, 0.15) is 17.1 Å². The van der Waals surface area contributed by atoms with Gasteiger partial charge in [0.25, 0.3) is 5.88 Å². The molecule has 0 saturated heterocycles. The van der Waals surface area contributed by atoms with Crippen molar-refractivity contribution in [3.05, 3.63) is 46.1 Å². The Morgan fingerprint density at radius 2 is 1.96 bits per heavy atom. The molecule has 1 N–H and O–H groups in total. The predicted molar refractivity (Wildman–Crippen MR) is 98.6 cm³/mol. The highest BCUT2D eigenvalue weighted by Gasteiger charge is 2.20. The van der Waals surface area contributed by atoms with Crippen LogP contribution in [0.5, 0.6) is 17.4 Å². The third kappa shape index (κ3) is 5.56. The molecule has 1 aromatic carbocycles. The number of anilines is 1. The average molecular weight is 375 g/mol. The Morgan fingerprint density at radius 3 is 2.56 bits per heavy atom. The molecule has 0 fully saturated rings. The summed E-state index contributed by atoms with van der Waals surface area (Å²) in [5.74, 6) is 0.426. The minimum Gasteiger partial charge on any atom is -0.494 e. The van der Waals surface area contributed by atoms with Gasteiger partial charge in [-0.05, 0) is 45.4 Å². The molecule has 144 valence electrons. The van der Waals surface area contributed by atoms with Crippen LogP contribution in [0.1, 0.15) is 26.3 Å². The Balaban J connectivity index is 2.24. The molecule has 0 aliphatic rings. The van der Waals surface area contributed by atoms with Gasteiger partial charge in [-0.3, -0.25) is 15.4 Å². The standard InChI is InChI=1S/C18H21N3O6/c1-11-8-14(21(23)24)16(19-10-11)26-12-6-7-13(15(9-12)25-5)20-17(22)27-18(2,3)4/h6-10H,1-5H3,(H,20,22). The van der Waals surface area contributed by atoms with E-state index < -0.39 is 16.6 Å². The van der Waals surface area contributed by atoms with Crippen LogP contribution in [0.4, 0.5) is 16.2 Å². The third-order valence-electron chi connectivity index (χ3n) is 3.19. The van der Waals surface area contributed by atoms with E-state index in [1.165, 1.54) is 37.6 Å². The summed E-state index contributed by atoms with van der Waals surface area (Å²) >= 11 is 0. The van der Waals surface area contributed by atoms with E-state index in [9.17, 15) is 14.9 Å². The van der Waals surface area contributed by atoms with Crippen molar-refractivity contribution in [2.75, 3.05) is 12.4 Å². The molecule has 0 radical (unpaired) electrons. The molecule has 1 heterocycles. The van der Waals surface area contributed by atoms with Gasteiger partial charge in [-0.1, -0.05) is 0 Å². The van der Waals surface area contributed by atoms with Crippen LogP contribution in [0.25, 0.3) is 0 Å². The van der Waals surface area contributed by atoms with Crippen molar-refractivity contribution in [2.45, 2.75) is 33.3 Å². The van der Waals surface area contributed by atoms with E-state index in [-0.39, 0.29) is 17.3 Å². The van der Waals surface area contributed by atoms with Crippen molar-refractivity contribution in [3.8, 4) is 17.4 Å². The fraction of sp³-hybridized carbons (Fsp3) is 0.333. The number of carbonyl (C=O) groups excluding carboxylic acids is 1. The number of pyridine rings is 1. The molecular formula is C18H21N3O6. The molecule has 2 rings (SSSR count). The number of nitro groups is 1. The van der Waals surface area contributed by atoms with Crippen molar-refractivity contribution in [1.29, 1.82) is 0 Å². The zero-order chi connectivity index (χ0) is 20.2. The maximum absolute atomic E-state index is 11.9. The van der Waals surface area contributed by atoms with Crippen LogP contribution in [0, 0.1) is 17.0 Å². The van der Waals surface area contributed by atoms with Crippen LogP contribution in [0.3, 0.4) is 0 Å². The molecule has 0 aliphatic carbocycles. The average Bonchev–Trinajstić information content (AvgIpc) is 2.55. The van der Waals surface area contributed by atoms with Crippen LogP contribution in [-0.4, -0.2) is 28.7 Å². The predicted octanol–water partition coefficient (Wildman–Crippen LogP) is 4.45. The molecule has 0 atom stereocenters. The van der Waals surface area contributed by atoms with Gasteiger partial charge in [-0.15, -0.1) is 0 Å². The molecule has 1 amide bonds. The second-order valence-electron chi connectivity index (χ2n) is 6.69. The zero-order valence-electron chi connectivity index (χ0n) is 15.7. The number of rotatable bonds is 5. The van der Waals surface area contributed by atoms with E-state index in [1.807, 2.05) is 0 Å². The Labute approximate surface area is 156 Å². The molecule has 9 nitrogen and oxygen atoms in total. The summed E-state index contributed by atoms with van der Waals surface area (Å²) in [6, 6.07) is 5.93. The van der Waals surface area contributed by atoms with Gasteiger partial charge in [0.05, 0.1) is 17.7 Å². The first-order valence-electron chi connectivity index (χ1n) is 8.06. The fourth-order valence-electron chi connectivity index (χ4n) is 2.11. The van der Waals surface area contributed by atoms with Crippen LogP contribution in [0.15, 0.2) is 30.5 Å². The quantitative estimate of drug-likeness (QED) is 0.607. The number of carbonyl (C=O) groups is 1. The maximum atomic E-state index is 11.9. The van der Waals surface area contributed by atoms with Crippen molar-refractivity contribution >= 4 is 17.5 Å². The molecule has 9 heteroatoms. The summed E-state index contributed by atoms with van der Waals surface area (Å²) in [7, 11) is 1.42. The normalized spacial score (nSPS) is 10.9. The Hall–Kier alpha value is -3.36. The van der Waals surface area contributed by atoms with Gasteiger partial charge in [0, 0.05) is 18.3 Å². The Bertz CT molecular complexity index is 861. The number of aryl methyl sites for hydroxylation is 1. The smallest absolute Gasteiger partial charge is 0.412 e. The first kappa shape index (κ1) is 20.0. The summed E-state index contributed by atoms with van der Waals surface area (Å²) < 4.78 is 16.0. The van der Waals surface area contributed by atoms with Gasteiger partial charge >= 0.3 is 11.8 Å². The number of nitrogens with one attached hydrogen (secondary N) is 1. The molecule has 0 unspecified atom stereocenters. The molecule has 1 aromatic heterocycles. The molecule has 0 aliphatic heterocycles. The number of benzene rings is 1. The largest absolute Gasteiger partial charge is 0.494 e. The van der Waals surface area contributed by atoms with Crippen LogP contribution >= 0.6 is 0 Å². The van der Waals surface area contributed by atoms with Crippen LogP contribution < -0.4 is 14.8 Å². The van der Waals surface area contributed by atoms with Gasteiger partial charge in [0.2, 0.25) is 0 Å².